The highest BCUT2D eigenvalue weighted by Gasteiger charge is 2.14. The van der Waals surface area contributed by atoms with E-state index < -0.39 is 0 Å². The van der Waals surface area contributed by atoms with Crippen LogP contribution in [0, 0.1) is 0 Å². The molecule has 1 aromatic carbocycles. The van der Waals surface area contributed by atoms with Gasteiger partial charge < -0.3 is 4.90 Å². The summed E-state index contributed by atoms with van der Waals surface area (Å²) in [5.41, 5.74) is 3.69. The van der Waals surface area contributed by atoms with Crippen LogP contribution < -0.4 is 0 Å². The summed E-state index contributed by atoms with van der Waals surface area (Å²) in [5, 5.41) is 0. The van der Waals surface area contributed by atoms with Crippen molar-refractivity contribution in [2.45, 2.75) is 6.54 Å². The molecule has 1 saturated heterocycles. The van der Waals surface area contributed by atoms with Gasteiger partial charge in [0.1, 0.15) is 6.33 Å². The zero-order valence-electron chi connectivity index (χ0n) is 13.3. The van der Waals surface area contributed by atoms with Crippen molar-refractivity contribution < 1.29 is 0 Å². The van der Waals surface area contributed by atoms with Crippen molar-refractivity contribution in [3.8, 4) is 10.4 Å². The number of piperazine rings is 1. The van der Waals surface area contributed by atoms with Gasteiger partial charge in [-0.1, -0.05) is 18.2 Å². The van der Waals surface area contributed by atoms with E-state index in [1.807, 2.05) is 6.20 Å². The minimum atomic E-state index is 1.03. The summed E-state index contributed by atoms with van der Waals surface area (Å²) in [5.74, 6) is 0. The zero-order chi connectivity index (χ0) is 15.6. The van der Waals surface area contributed by atoms with Crippen molar-refractivity contribution in [2.24, 2.45) is 0 Å². The molecule has 3 heterocycles. The van der Waals surface area contributed by atoms with Crippen molar-refractivity contribution in [1.29, 1.82) is 0 Å². The van der Waals surface area contributed by atoms with Gasteiger partial charge in [0.15, 0.2) is 0 Å². The van der Waals surface area contributed by atoms with Crippen LogP contribution in [0.5, 0.6) is 0 Å². The van der Waals surface area contributed by atoms with E-state index in [1.165, 1.54) is 16.0 Å². The summed E-state index contributed by atoms with van der Waals surface area (Å²) >= 11 is 1.76. The number of fused-ring (bicyclic) bond motifs is 1. The van der Waals surface area contributed by atoms with Gasteiger partial charge in [-0.05, 0) is 30.3 Å². The molecule has 2 aromatic heterocycles. The molecule has 0 N–H and O–H groups in total. The van der Waals surface area contributed by atoms with E-state index in [0.717, 1.165) is 42.9 Å². The van der Waals surface area contributed by atoms with Crippen molar-refractivity contribution in [3.63, 3.8) is 0 Å². The lowest BCUT2D eigenvalue weighted by atomic mass is 10.1. The first-order valence-corrected chi connectivity index (χ1v) is 8.79. The fourth-order valence-corrected chi connectivity index (χ4v) is 4.00. The summed E-state index contributed by atoms with van der Waals surface area (Å²) in [7, 11) is 2.20. The first-order valence-electron chi connectivity index (χ1n) is 7.98. The standard InChI is InChI=1S/C18H20N4S/c1-21-5-7-22(8-6-21)12-14-3-2-4-15(9-14)17-10-16-18(23-17)11-19-13-20-16/h2-4,9-11,13H,5-8,12H2,1H3. The van der Waals surface area contributed by atoms with E-state index in [2.05, 4.69) is 57.1 Å². The predicted molar refractivity (Wildman–Crippen MR) is 95.6 cm³/mol. The fraction of sp³-hybridized carbons (Fsp3) is 0.333. The van der Waals surface area contributed by atoms with Gasteiger partial charge in [-0.15, -0.1) is 11.3 Å². The number of likely N-dealkylation sites (N-methyl/N-ethyl adjacent to an activating group) is 1. The molecule has 0 spiro atoms. The molecule has 1 fully saturated rings. The van der Waals surface area contributed by atoms with Crippen LogP contribution in [-0.4, -0.2) is 53.0 Å². The first kappa shape index (κ1) is 14.8. The molecule has 5 heteroatoms. The molecule has 4 nitrogen and oxygen atoms in total. The van der Waals surface area contributed by atoms with Crippen LogP contribution in [0.2, 0.25) is 0 Å². The highest BCUT2D eigenvalue weighted by molar-refractivity contribution is 7.22. The number of benzene rings is 1. The minimum Gasteiger partial charge on any atom is -0.304 e. The summed E-state index contributed by atoms with van der Waals surface area (Å²) in [6.07, 6.45) is 3.51. The van der Waals surface area contributed by atoms with Crippen molar-refractivity contribution in [3.05, 3.63) is 48.4 Å². The Morgan fingerprint density at radius 1 is 1.13 bits per heavy atom. The number of aromatic nitrogens is 2. The highest BCUT2D eigenvalue weighted by Crippen LogP contribution is 2.32. The smallest absolute Gasteiger partial charge is 0.116 e. The van der Waals surface area contributed by atoms with Crippen molar-refractivity contribution in [1.82, 2.24) is 19.8 Å². The Balaban J connectivity index is 1.56. The van der Waals surface area contributed by atoms with Crippen LogP contribution in [0.15, 0.2) is 42.9 Å². The monoisotopic (exact) mass is 324 g/mol. The van der Waals surface area contributed by atoms with Crippen LogP contribution in [0.1, 0.15) is 5.56 Å². The van der Waals surface area contributed by atoms with Crippen LogP contribution in [0.4, 0.5) is 0 Å². The van der Waals surface area contributed by atoms with E-state index >= 15 is 0 Å². The number of rotatable bonds is 3. The van der Waals surface area contributed by atoms with E-state index in [9.17, 15) is 0 Å². The number of nitrogens with zero attached hydrogens (tertiary/aromatic N) is 4. The van der Waals surface area contributed by atoms with Crippen LogP contribution in [-0.2, 0) is 6.54 Å². The lowest BCUT2D eigenvalue weighted by molar-refractivity contribution is 0.148. The van der Waals surface area contributed by atoms with E-state index in [0.29, 0.717) is 0 Å². The lowest BCUT2D eigenvalue weighted by Crippen LogP contribution is -2.43. The molecule has 118 valence electrons. The normalized spacial score (nSPS) is 16.9. The second-order valence-electron chi connectivity index (χ2n) is 6.16. The van der Waals surface area contributed by atoms with Gasteiger partial charge in [0.05, 0.1) is 10.2 Å². The van der Waals surface area contributed by atoms with Gasteiger partial charge in [0.25, 0.3) is 0 Å². The Morgan fingerprint density at radius 3 is 2.83 bits per heavy atom. The van der Waals surface area contributed by atoms with Gasteiger partial charge in [-0.25, -0.2) is 9.97 Å². The molecule has 4 rings (SSSR count). The van der Waals surface area contributed by atoms with Crippen LogP contribution in [0.3, 0.4) is 0 Å². The molecular formula is C18H20N4S. The Bertz CT molecular complexity index is 772. The molecule has 0 bridgehead atoms. The third kappa shape index (κ3) is 3.27. The molecule has 0 unspecified atom stereocenters. The summed E-state index contributed by atoms with van der Waals surface area (Å²) in [4.78, 5) is 14.6. The zero-order valence-corrected chi connectivity index (χ0v) is 14.1. The van der Waals surface area contributed by atoms with E-state index in [4.69, 9.17) is 0 Å². The average molecular weight is 324 g/mol. The number of hydrogen-bond acceptors (Lipinski definition) is 5. The Hall–Kier alpha value is -1.82. The van der Waals surface area contributed by atoms with Crippen LogP contribution >= 0.6 is 11.3 Å². The van der Waals surface area contributed by atoms with Crippen LogP contribution in [0.25, 0.3) is 20.7 Å². The average Bonchev–Trinajstić information content (AvgIpc) is 3.01. The largest absolute Gasteiger partial charge is 0.304 e. The van der Waals surface area contributed by atoms with E-state index in [1.54, 1.807) is 17.7 Å². The van der Waals surface area contributed by atoms with Gasteiger partial charge in [0, 0.05) is 43.8 Å². The third-order valence-electron chi connectivity index (χ3n) is 4.41. The molecule has 0 atom stereocenters. The number of hydrogen-bond donors (Lipinski definition) is 0. The molecule has 1 aliphatic heterocycles. The van der Waals surface area contributed by atoms with E-state index in [-0.39, 0.29) is 0 Å². The molecule has 23 heavy (non-hydrogen) atoms. The molecule has 0 radical (unpaired) electrons. The Labute approximate surface area is 140 Å². The maximum atomic E-state index is 4.34. The van der Waals surface area contributed by atoms with Gasteiger partial charge >= 0.3 is 0 Å². The third-order valence-corrected chi connectivity index (χ3v) is 5.52. The molecule has 0 saturated carbocycles. The summed E-state index contributed by atoms with van der Waals surface area (Å²) < 4.78 is 1.15. The molecule has 0 amide bonds. The van der Waals surface area contributed by atoms with Gasteiger partial charge in [0.2, 0.25) is 0 Å². The second kappa shape index (κ2) is 6.35. The first-order chi connectivity index (χ1) is 11.3. The Kier molecular flexibility index (Phi) is 4.08. The highest BCUT2D eigenvalue weighted by atomic mass is 32.1. The predicted octanol–water partition coefficient (Wildman–Crippen LogP) is 3.11. The summed E-state index contributed by atoms with van der Waals surface area (Å²) in [6.45, 7) is 5.66. The fourth-order valence-electron chi connectivity index (χ4n) is 3.01. The molecule has 3 aromatic rings. The van der Waals surface area contributed by atoms with Gasteiger partial charge in [-0.2, -0.15) is 0 Å². The number of thiophene rings is 1. The van der Waals surface area contributed by atoms with Gasteiger partial charge in [-0.3, -0.25) is 4.90 Å². The summed E-state index contributed by atoms with van der Waals surface area (Å²) in [6, 6.07) is 11.1. The molecule has 0 aliphatic carbocycles. The maximum Gasteiger partial charge on any atom is 0.116 e. The Morgan fingerprint density at radius 2 is 2.00 bits per heavy atom. The van der Waals surface area contributed by atoms with Crippen molar-refractivity contribution in [2.75, 3.05) is 33.2 Å². The molecular weight excluding hydrogens is 304 g/mol. The lowest BCUT2D eigenvalue weighted by Gasteiger charge is -2.32. The topological polar surface area (TPSA) is 32.3 Å². The second-order valence-corrected chi connectivity index (χ2v) is 7.25. The maximum absolute atomic E-state index is 4.34. The van der Waals surface area contributed by atoms with Crippen molar-refractivity contribution >= 4 is 21.6 Å². The SMILES string of the molecule is CN1CCN(Cc2cccc(-c3cc4ncncc4s3)c2)CC1. The molecule has 1 aliphatic rings. The quantitative estimate of drug-likeness (QED) is 0.741. The minimum absolute atomic E-state index is 1.03.